The highest BCUT2D eigenvalue weighted by Crippen LogP contribution is 2.30. The lowest BCUT2D eigenvalue weighted by Gasteiger charge is -2.21. The van der Waals surface area contributed by atoms with Crippen molar-refractivity contribution in [1.82, 2.24) is 15.1 Å². The highest BCUT2D eigenvalue weighted by Gasteiger charge is 2.29. The second kappa shape index (κ2) is 5.05. The van der Waals surface area contributed by atoms with E-state index in [9.17, 15) is 9.59 Å². The molecule has 0 aliphatic carbocycles. The fourth-order valence-electron chi connectivity index (χ4n) is 2.64. The summed E-state index contributed by atoms with van der Waals surface area (Å²) in [5, 5.41) is 7.88. The van der Waals surface area contributed by atoms with Gasteiger partial charge in [0, 0.05) is 24.5 Å². The molecule has 6 nitrogen and oxygen atoms in total. The Bertz CT molecular complexity index is 677. The van der Waals surface area contributed by atoms with Gasteiger partial charge >= 0.3 is 0 Å². The van der Waals surface area contributed by atoms with Crippen LogP contribution in [-0.2, 0) is 16.1 Å². The molecule has 20 heavy (non-hydrogen) atoms. The number of piperidine rings is 1. The van der Waals surface area contributed by atoms with Crippen LogP contribution in [0.25, 0.3) is 10.9 Å². The van der Waals surface area contributed by atoms with Gasteiger partial charge in [-0.3, -0.25) is 19.6 Å². The summed E-state index contributed by atoms with van der Waals surface area (Å²) in [6.45, 7) is 1.16. The number of amides is 2. The molecular formula is C14H16N4O2. The van der Waals surface area contributed by atoms with Gasteiger partial charge in [0.05, 0.1) is 18.0 Å². The average Bonchev–Trinajstić information content (AvgIpc) is 2.82. The number of nitrogens with one attached hydrogen (secondary N) is 1. The zero-order chi connectivity index (χ0) is 14.1. The molecule has 2 aromatic rings. The van der Waals surface area contributed by atoms with Crippen LogP contribution in [0.3, 0.4) is 0 Å². The molecule has 0 spiro atoms. The van der Waals surface area contributed by atoms with Crippen LogP contribution in [-0.4, -0.2) is 28.1 Å². The fourth-order valence-corrected chi connectivity index (χ4v) is 2.64. The Hall–Kier alpha value is -2.21. The SMILES string of the molecule is NCCn1cc2cccc(C3CCC(=O)NC3=O)c2n1. The van der Waals surface area contributed by atoms with E-state index in [1.54, 1.807) is 4.68 Å². The molecule has 1 aliphatic rings. The Morgan fingerprint density at radius 2 is 2.25 bits per heavy atom. The van der Waals surface area contributed by atoms with E-state index in [2.05, 4.69) is 10.4 Å². The normalized spacial score (nSPS) is 19.4. The van der Waals surface area contributed by atoms with Crippen molar-refractivity contribution in [2.45, 2.75) is 25.3 Å². The van der Waals surface area contributed by atoms with Crippen molar-refractivity contribution >= 4 is 22.7 Å². The molecule has 1 unspecified atom stereocenters. The number of nitrogens with two attached hydrogens (primary N) is 1. The van der Waals surface area contributed by atoms with Gasteiger partial charge < -0.3 is 5.73 Å². The highest BCUT2D eigenvalue weighted by atomic mass is 16.2. The summed E-state index contributed by atoms with van der Waals surface area (Å²) in [7, 11) is 0. The zero-order valence-corrected chi connectivity index (χ0v) is 11.0. The molecule has 0 saturated carbocycles. The number of carbonyl (C=O) groups is 2. The maximum absolute atomic E-state index is 12.0. The predicted molar refractivity (Wildman–Crippen MR) is 73.9 cm³/mol. The number of hydrogen-bond donors (Lipinski definition) is 2. The van der Waals surface area contributed by atoms with Gasteiger partial charge in [-0.1, -0.05) is 18.2 Å². The summed E-state index contributed by atoms with van der Waals surface area (Å²) in [5.41, 5.74) is 7.23. The number of aromatic nitrogens is 2. The Morgan fingerprint density at radius 1 is 1.40 bits per heavy atom. The van der Waals surface area contributed by atoms with Crippen LogP contribution in [0, 0.1) is 0 Å². The van der Waals surface area contributed by atoms with Gasteiger partial charge in [-0.2, -0.15) is 5.10 Å². The lowest BCUT2D eigenvalue weighted by Crippen LogP contribution is -2.39. The minimum absolute atomic E-state index is 0.202. The average molecular weight is 272 g/mol. The maximum atomic E-state index is 12.0. The standard InChI is InChI=1S/C14H16N4O2/c15-6-7-18-8-9-2-1-3-10(13(9)17-18)11-4-5-12(19)16-14(11)20/h1-3,8,11H,4-7,15H2,(H,16,19,20). The molecule has 0 bridgehead atoms. The Labute approximate surface area is 115 Å². The number of fused-ring (bicyclic) bond motifs is 1. The van der Waals surface area contributed by atoms with E-state index in [0.717, 1.165) is 16.5 Å². The fraction of sp³-hybridized carbons (Fsp3) is 0.357. The third-order valence-electron chi connectivity index (χ3n) is 3.59. The largest absolute Gasteiger partial charge is 0.329 e. The first-order chi connectivity index (χ1) is 9.69. The summed E-state index contributed by atoms with van der Waals surface area (Å²) in [4.78, 5) is 23.2. The number of benzene rings is 1. The molecule has 1 saturated heterocycles. The quantitative estimate of drug-likeness (QED) is 0.797. The molecule has 1 aromatic heterocycles. The highest BCUT2D eigenvalue weighted by molar-refractivity contribution is 6.02. The van der Waals surface area contributed by atoms with Crippen LogP contribution >= 0.6 is 0 Å². The van der Waals surface area contributed by atoms with Crippen molar-refractivity contribution in [1.29, 1.82) is 0 Å². The molecule has 3 rings (SSSR count). The predicted octanol–water partition coefficient (Wildman–Crippen LogP) is 0.515. The van der Waals surface area contributed by atoms with Crippen LogP contribution in [0.15, 0.2) is 24.4 Å². The molecular weight excluding hydrogens is 256 g/mol. The monoisotopic (exact) mass is 272 g/mol. The van der Waals surface area contributed by atoms with Crippen molar-refractivity contribution in [2.24, 2.45) is 5.73 Å². The van der Waals surface area contributed by atoms with Crippen molar-refractivity contribution in [3.8, 4) is 0 Å². The van der Waals surface area contributed by atoms with E-state index < -0.39 is 0 Å². The van der Waals surface area contributed by atoms with E-state index in [1.165, 1.54) is 0 Å². The number of rotatable bonds is 3. The van der Waals surface area contributed by atoms with Crippen molar-refractivity contribution in [3.05, 3.63) is 30.0 Å². The molecule has 104 valence electrons. The van der Waals surface area contributed by atoms with Crippen LogP contribution < -0.4 is 11.1 Å². The van der Waals surface area contributed by atoms with Gasteiger partial charge in [0.15, 0.2) is 0 Å². The number of nitrogens with zero attached hydrogens (tertiary/aromatic N) is 2. The second-order valence-electron chi connectivity index (χ2n) is 4.97. The van der Waals surface area contributed by atoms with Crippen LogP contribution in [0.1, 0.15) is 24.3 Å². The van der Waals surface area contributed by atoms with E-state index in [4.69, 9.17) is 5.73 Å². The second-order valence-corrected chi connectivity index (χ2v) is 4.97. The van der Waals surface area contributed by atoms with Gasteiger partial charge in [0.25, 0.3) is 0 Å². The Balaban J connectivity index is 2.02. The minimum atomic E-state index is -0.308. The number of carbonyl (C=O) groups excluding carboxylic acids is 2. The number of hydrogen-bond acceptors (Lipinski definition) is 4. The van der Waals surface area contributed by atoms with Gasteiger partial charge in [0.1, 0.15) is 0 Å². The third kappa shape index (κ3) is 2.18. The summed E-state index contributed by atoms with van der Waals surface area (Å²) in [5.74, 6) is -0.744. The Kier molecular flexibility index (Phi) is 3.23. The summed E-state index contributed by atoms with van der Waals surface area (Å²) in [6.07, 6.45) is 2.83. The first kappa shape index (κ1) is 12.8. The summed E-state index contributed by atoms with van der Waals surface area (Å²) >= 11 is 0. The molecule has 3 N–H and O–H groups in total. The van der Waals surface area contributed by atoms with E-state index in [0.29, 0.717) is 25.9 Å². The molecule has 6 heteroatoms. The van der Waals surface area contributed by atoms with E-state index >= 15 is 0 Å². The van der Waals surface area contributed by atoms with Crippen LogP contribution in [0.4, 0.5) is 0 Å². The summed E-state index contributed by atoms with van der Waals surface area (Å²) < 4.78 is 1.79. The smallest absolute Gasteiger partial charge is 0.234 e. The molecule has 2 heterocycles. The molecule has 1 aliphatic heterocycles. The van der Waals surface area contributed by atoms with Crippen LogP contribution in [0.2, 0.25) is 0 Å². The van der Waals surface area contributed by atoms with Gasteiger partial charge in [-0.15, -0.1) is 0 Å². The molecule has 1 atom stereocenters. The van der Waals surface area contributed by atoms with Crippen molar-refractivity contribution < 1.29 is 9.59 Å². The molecule has 2 amide bonds. The number of imide groups is 1. The lowest BCUT2D eigenvalue weighted by molar-refractivity contribution is -0.134. The van der Waals surface area contributed by atoms with Crippen LogP contribution in [0.5, 0.6) is 0 Å². The van der Waals surface area contributed by atoms with Crippen molar-refractivity contribution in [2.75, 3.05) is 6.54 Å². The Morgan fingerprint density at radius 3 is 3.00 bits per heavy atom. The molecule has 1 fully saturated rings. The summed E-state index contributed by atoms with van der Waals surface area (Å²) in [6, 6.07) is 5.78. The van der Waals surface area contributed by atoms with E-state index in [-0.39, 0.29) is 17.7 Å². The lowest BCUT2D eigenvalue weighted by atomic mass is 9.89. The van der Waals surface area contributed by atoms with Crippen molar-refractivity contribution in [3.63, 3.8) is 0 Å². The third-order valence-corrected chi connectivity index (χ3v) is 3.59. The molecule has 0 radical (unpaired) electrons. The maximum Gasteiger partial charge on any atom is 0.234 e. The van der Waals surface area contributed by atoms with E-state index in [1.807, 2.05) is 24.4 Å². The first-order valence-electron chi connectivity index (χ1n) is 6.69. The topological polar surface area (TPSA) is 90.0 Å². The van der Waals surface area contributed by atoms with Gasteiger partial charge in [-0.05, 0) is 12.0 Å². The zero-order valence-electron chi connectivity index (χ0n) is 11.0. The minimum Gasteiger partial charge on any atom is -0.329 e. The van der Waals surface area contributed by atoms with Gasteiger partial charge in [0.2, 0.25) is 11.8 Å². The molecule has 1 aromatic carbocycles. The van der Waals surface area contributed by atoms with Gasteiger partial charge in [-0.25, -0.2) is 0 Å². The first-order valence-corrected chi connectivity index (χ1v) is 6.69.